The topological polar surface area (TPSA) is 101 Å². The van der Waals surface area contributed by atoms with Gasteiger partial charge in [-0.15, -0.1) is 0 Å². The molecule has 28 heavy (non-hydrogen) atoms. The molecule has 3 aromatic rings. The van der Waals surface area contributed by atoms with Crippen molar-refractivity contribution in [1.82, 2.24) is 9.97 Å². The molecule has 1 aliphatic rings. The second-order valence-corrected chi connectivity index (χ2v) is 8.20. The Morgan fingerprint density at radius 2 is 1.86 bits per heavy atom. The molecule has 144 valence electrons. The zero-order valence-corrected chi connectivity index (χ0v) is 16.1. The number of para-hydroxylation sites is 1. The number of rotatable bonds is 6. The molecule has 0 saturated carbocycles. The number of aromatic nitrogens is 2. The third-order valence-corrected chi connectivity index (χ3v) is 5.68. The van der Waals surface area contributed by atoms with Crippen LogP contribution in [0.4, 0.5) is 17.5 Å². The summed E-state index contributed by atoms with van der Waals surface area (Å²) in [5, 5.41) is 8.35. The van der Waals surface area contributed by atoms with Crippen LogP contribution in [0.5, 0.6) is 0 Å². The molecule has 8 heteroatoms. The SMILES string of the molecule is NS(=O)(=O)c1ccc(CCNc2nccc(N3CCc4ccccc43)n2)cc1. The van der Waals surface area contributed by atoms with Crippen LogP contribution >= 0.6 is 0 Å². The van der Waals surface area contributed by atoms with Gasteiger partial charge in [-0.1, -0.05) is 30.3 Å². The number of nitrogens with two attached hydrogens (primary N) is 1. The summed E-state index contributed by atoms with van der Waals surface area (Å²) in [5.41, 5.74) is 3.53. The summed E-state index contributed by atoms with van der Waals surface area (Å²) in [6.45, 7) is 1.54. The lowest BCUT2D eigenvalue weighted by atomic mass is 10.1. The first-order valence-electron chi connectivity index (χ1n) is 9.05. The van der Waals surface area contributed by atoms with Crippen LogP contribution in [-0.4, -0.2) is 31.5 Å². The van der Waals surface area contributed by atoms with Crippen molar-refractivity contribution >= 4 is 27.5 Å². The van der Waals surface area contributed by atoms with E-state index in [4.69, 9.17) is 5.14 Å². The summed E-state index contributed by atoms with van der Waals surface area (Å²) in [4.78, 5) is 11.3. The molecule has 0 unspecified atom stereocenters. The van der Waals surface area contributed by atoms with E-state index in [0.29, 0.717) is 18.9 Å². The van der Waals surface area contributed by atoms with Gasteiger partial charge in [0.1, 0.15) is 5.82 Å². The van der Waals surface area contributed by atoms with Crippen molar-refractivity contribution in [3.05, 3.63) is 71.9 Å². The van der Waals surface area contributed by atoms with Crippen molar-refractivity contribution in [1.29, 1.82) is 0 Å². The average molecular weight is 395 g/mol. The van der Waals surface area contributed by atoms with Crippen LogP contribution in [0.15, 0.2) is 65.7 Å². The van der Waals surface area contributed by atoms with Gasteiger partial charge in [0.2, 0.25) is 16.0 Å². The van der Waals surface area contributed by atoms with E-state index in [1.54, 1.807) is 18.3 Å². The quantitative estimate of drug-likeness (QED) is 0.665. The molecule has 0 spiro atoms. The lowest BCUT2D eigenvalue weighted by Crippen LogP contribution is -2.16. The van der Waals surface area contributed by atoms with Gasteiger partial charge in [-0.05, 0) is 48.2 Å². The molecule has 2 heterocycles. The van der Waals surface area contributed by atoms with Gasteiger partial charge < -0.3 is 10.2 Å². The first-order valence-corrected chi connectivity index (χ1v) is 10.6. The standard InChI is InChI=1S/C20H21N5O2S/c21-28(26,27)17-7-5-15(6-8-17)9-12-22-20-23-13-10-19(24-20)25-14-11-16-3-1-2-4-18(16)25/h1-8,10,13H,9,11-12,14H2,(H2,21,26,27)(H,22,23,24). The first-order chi connectivity index (χ1) is 13.5. The average Bonchev–Trinajstić information content (AvgIpc) is 3.12. The van der Waals surface area contributed by atoms with E-state index in [2.05, 4.69) is 38.4 Å². The second kappa shape index (κ2) is 7.57. The Bertz CT molecular complexity index is 1080. The van der Waals surface area contributed by atoms with Crippen molar-refractivity contribution in [2.24, 2.45) is 5.14 Å². The maximum Gasteiger partial charge on any atom is 0.238 e. The van der Waals surface area contributed by atoms with Crippen LogP contribution in [0.25, 0.3) is 0 Å². The maximum atomic E-state index is 11.3. The number of primary sulfonamides is 1. The number of anilines is 3. The van der Waals surface area contributed by atoms with Gasteiger partial charge >= 0.3 is 0 Å². The summed E-state index contributed by atoms with van der Waals surface area (Å²) in [6, 6.07) is 16.8. The highest BCUT2D eigenvalue weighted by atomic mass is 32.2. The van der Waals surface area contributed by atoms with Crippen molar-refractivity contribution in [2.45, 2.75) is 17.7 Å². The van der Waals surface area contributed by atoms with Crippen molar-refractivity contribution in [3.8, 4) is 0 Å². The lowest BCUT2D eigenvalue weighted by molar-refractivity contribution is 0.598. The minimum Gasteiger partial charge on any atom is -0.354 e. The molecule has 0 saturated heterocycles. The van der Waals surface area contributed by atoms with Crippen molar-refractivity contribution < 1.29 is 8.42 Å². The van der Waals surface area contributed by atoms with E-state index < -0.39 is 10.0 Å². The highest BCUT2D eigenvalue weighted by molar-refractivity contribution is 7.89. The molecular weight excluding hydrogens is 374 g/mol. The van der Waals surface area contributed by atoms with Crippen LogP contribution < -0.4 is 15.4 Å². The van der Waals surface area contributed by atoms with Crippen LogP contribution in [0.3, 0.4) is 0 Å². The maximum absolute atomic E-state index is 11.3. The number of nitrogens with one attached hydrogen (secondary N) is 1. The molecule has 2 aromatic carbocycles. The molecule has 0 radical (unpaired) electrons. The Labute approximate surface area is 164 Å². The fraction of sp³-hybridized carbons (Fsp3) is 0.200. The van der Waals surface area contributed by atoms with Gasteiger partial charge in [0, 0.05) is 25.0 Å². The lowest BCUT2D eigenvalue weighted by Gasteiger charge is -2.18. The van der Waals surface area contributed by atoms with Crippen LogP contribution in [-0.2, 0) is 22.9 Å². The summed E-state index contributed by atoms with van der Waals surface area (Å²) in [5.74, 6) is 1.45. The number of hydrogen-bond acceptors (Lipinski definition) is 6. The molecule has 0 atom stereocenters. The largest absolute Gasteiger partial charge is 0.354 e. The van der Waals surface area contributed by atoms with Crippen LogP contribution in [0.1, 0.15) is 11.1 Å². The molecule has 0 fully saturated rings. The fourth-order valence-electron chi connectivity index (χ4n) is 3.33. The molecule has 7 nitrogen and oxygen atoms in total. The molecule has 1 aromatic heterocycles. The Morgan fingerprint density at radius 1 is 1.07 bits per heavy atom. The van der Waals surface area contributed by atoms with Gasteiger partial charge in [-0.2, -0.15) is 4.98 Å². The van der Waals surface area contributed by atoms with E-state index in [1.165, 1.54) is 23.4 Å². The van der Waals surface area contributed by atoms with Crippen LogP contribution in [0.2, 0.25) is 0 Å². The number of fused-ring (bicyclic) bond motifs is 1. The molecule has 0 amide bonds. The predicted molar refractivity (Wildman–Crippen MR) is 109 cm³/mol. The number of nitrogens with zero attached hydrogens (tertiary/aromatic N) is 3. The fourth-order valence-corrected chi connectivity index (χ4v) is 3.84. The molecule has 0 bridgehead atoms. The van der Waals surface area contributed by atoms with Gasteiger partial charge in [0.15, 0.2) is 0 Å². The third-order valence-electron chi connectivity index (χ3n) is 4.75. The molecule has 4 rings (SSSR count). The summed E-state index contributed by atoms with van der Waals surface area (Å²) in [6.07, 6.45) is 3.48. The van der Waals surface area contributed by atoms with Gasteiger partial charge in [0.05, 0.1) is 4.90 Å². The van der Waals surface area contributed by atoms with E-state index in [9.17, 15) is 8.42 Å². The van der Waals surface area contributed by atoms with Crippen LogP contribution in [0, 0.1) is 0 Å². The smallest absolute Gasteiger partial charge is 0.238 e. The third kappa shape index (κ3) is 3.97. The highest BCUT2D eigenvalue weighted by Crippen LogP contribution is 2.33. The Balaban J connectivity index is 1.39. The first kappa shape index (κ1) is 18.4. The van der Waals surface area contributed by atoms with Gasteiger partial charge in [-0.3, -0.25) is 0 Å². The normalized spacial score (nSPS) is 13.4. The van der Waals surface area contributed by atoms with E-state index in [1.807, 2.05) is 12.1 Å². The second-order valence-electron chi connectivity index (χ2n) is 6.63. The van der Waals surface area contributed by atoms with Crippen molar-refractivity contribution in [3.63, 3.8) is 0 Å². The monoisotopic (exact) mass is 395 g/mol. The molecular formula is C20H21N5O2S. The molecule has 0 aliphatic carbocycles. The number of hydrogen-bond donors (Lipinski definition) is 2. The predicted octanol–water partition coefficient (Wildman–Crippen LogP) is 2.47. The highest BCUT2D eigenvalue weighted by Gasteiger charge is 2.20. The van der Waals surface area contributed by atoms with Gasteiger partial charge in [-0.25, -0.2) is 18.5 Å². The number of sulfonamides is 1. The van der Waals surface area contributed by atoms with Crippen molar-refractivity contribution in [2.75, 3.05) is 23.3 Å². The summed E-state index contributed by atoms with van der Waals surface area (Å²) < 4.78 is 22.6. The molecule has 1 aliphatic heterocycles. The van der Waals surface area contributed by atoms with E-state index >= 15 is 0 Å². The zero-order valence-electron chi connectivity index (χ0n) is 15.2. The molecule has 3 N–H and O–H groups in total. The Morgan fingerprint density at radius 3 is 2.64 bits per heavy atom. The van der Waals surface area contributed by atoms with Gasteiger partial charge in [0.25, 0.3) is 0 Å². The minimum atomic E-state index is -3.66. The Hall–Kier alpha value is -2.97. The van der Waals surface area contributed by atoms with E-state index in [-0.39, 0.29) is 4.90 Å². The Kier molecular flexibility index (Phi) is 4.97. The summed E-state index contributed by atoms with van der Waals surface area (Å²) >= 11 is 0. The zero-order chi connectivity index (χ0) is 19.6. The summed E-state index contributed by atoms with van der Waals surface area (Å²) in [7, 11) is -3.66. The van der Waals surface area contributed by atoms with E-state index in [0.717, 1.165) is 24.3 Å². The number of benzene rings is 2. The minimum absolute atomic E-state index is 0.117.